The van der Waals surface area contributed by atoms with Crippen LogP contribution in [-0.4, -0.2) is 59.3 Å². The Hall–Kier alpha value is -3.30. The lowest BCUT2D eigenvalue weighted by Crippen LogP contribution is -2.36. The summed E-state index contributed by atoms with van der Waals surface area (Å²) in [7, 11) is 1.63. The Morgan fingerprint density at radius 2 is 1.88 bits per heavy atom. The van der Waals surface area contributed by atoms with E-state index in [-0.39, 0.29) is 11.2 Å². The molecule has 0 aliphatic carbocycles. The second-order valence-corrected chi connectivity index (χ2v) is 9.14. The number of carbonyl (C=O) groups excluding carboxylic acids is 1. The van der Waals surface area contributed by atoms with Crippen LogP contribution in [0.15, 0.2) is 66.3 Å². The van der Waals surface area contributed by atoms with Gasteiger partial charge in [-0.05, 0) is 55.5 Å². The Kier molecular flexibility index (Phi) is 7.87. The predicted octanol–water partition coefficient (Wildman–Crippen LogP) is 4.10. The topological polar surface area (TPSA) is 81.5 Å². The fraction of sp³-hybridized carbons (Fsp3) is 0.320. The molecule has 0 unspecified atom stereocenters. The molecule has 9 heteroatoms. The number of hydrogen-bond acceptors (Lipinski definition) is 7. The largest absolute Gasteiger partial charge is 0.497 e. The first-order chi connectivity index (χ1) is 16.6. The van der Waals surface area contributed by atoms with Crippen LogP contribution in [-0.2, 0) is 16.1 Å². The number of thioether (sulfide) groups is 1. The van der Waals surface area contributed by atoms with E-state index in [0.717, 1.165) is 54.8 Å². The first-order valence-corrected chi connectivity index (χ1v) is 12.1. The van der Waals surface area contributed by atoms with Crippen LogP contribution in [0.3, 0.4) is 0 Å². The number of allylic oxidation sites excluding steroid dienone is 1. The van der Waals surface area contributed by atoms with Gasteiger partial charge in [-0.2, -0.15) is 0 Å². The van der Waals surface area contributed by atoms with E-state index in [1.54, 1.807) is 13.2 Å². The van der Waals surface area contributed by atoms with Gasteiger partial charge in [0.1, 0.15) is 5.75 Å². The fourth-order valence-electron chi connectivity index (χ4n) is 3.66. The third kappa shape index (κ3) is 5.60. The lowest BCUT2D eigenvalue weighted by Gasteiger charge is -2.28. The quantitative estimate of drug-likeness (QED) is 0.366. The average molecular weight is 480 g/mol. The Balaban J connectivity index is 1.42. The lowest BCUT2D eigenvalue weighted by atomic mass is 10.2. The maximum absolute atomic E-state index is 12.9. The number of amides is 1. The number of anilines is 2. The van der Waals surface area contributed by atoms with Crippen LogP contribution in [0.1, 0.15) is 6.92 Å². The molecule has 0 radical (unpaired) electrons. The van der Waals surface area contributed by atoms with E-state index < -0.39 is 0 Å². The molecule has 1 fully saturated rings. The second kappa shape index (κ2) is 11.2. The molecule has 0 bridgehead atoms. The summed E-state index contributed by atoms with van der Waals surface area (Å²) >= 11 is 1.37. The molecule has 1 atom stereocenters. The van der Waals surface area contributed by atoms with E-state index in [1.165, 1.54) is 11.8 Å². The maximum atomic E-state index is 12.9. The molecule has 8 nitrogen and oxygen atoms in total. The molecule has 1 aromatic heterocycles. The zero-order valence-electron chi connectivity index (χ0n) is 19.4. The number of ether oxygens (including phenoxy) is 2. The Bertz CT molecular complexity index is 1110. The molecule has 1 aliphatic rings. The number of carbonyl (C=O) groups is 1. The molecular formula is C25H29N5O3S. The summed E-state index contributed by atoms with van der Waals surface area (Å²) < 4.78 is 12.6. The number of rotatable bonds is 9. The van der Waals surface area contributed by atoms with Gasteiger partial charge in [-0.25, -0.2) is 0 Å². The van der Waals surface area contributed by atoms with Crippen molar-refractivity contribution in [2.45, 2.75) is 23.9 Å². The van der Waals surface area contributed by atoms with Gasteiger partial charge >= 0.3 is 0 Å². The van der Waals surface area contributed by atoms with Crippen molar-refractivity contribution < 1.29 is 14.3 Å². The summed E-state index contributed by atoms with van der Waals surface area (Å²) in [5.74, 6) is 1.40. The number of nitrogens with zero attached hydrogens (tertiary/aromatic N) is 4. The number of methoxy groups -OCH3 is 1. The number of aromatic nitrogens is 3. The van der Waals surface area contributed by atoms with Gasteiger partial charge in [0.25, 0.3) is 0 Å². The molecule has 0 spiro atoms. The van der Waals surface area contributed by atoms with Gasteiger partial charge in [-0.15, -0.1) is 16.8 Å². The number of hydrogen-bond donors (Lipinski definition) is 1. The highest BCUT2D eigenvalue weighted by Crippen LogP contribution is 2.29. The van der Waals surface area contributed by atoms with E-state index in [1.807, 2.05) is 60.0 Å². The Morgan fingerprint density at radius 1 is 1.18 bits per heavy atom. The highest BCUT2D eigenvalue weighted by Gasteiger charge is 2.21. The summed E-state index contributed by atoms with van der Waals surface area (Å²) in [6, 6.07) is 15.6. The van der Waals surface area contributed by atoms with Gasteiger partial charge in [0.2, 0.25) is 5.91 Å². The molecule has 34 heavy (non-hydrogen) atoms. The van der Waals surface area contributed by atoms with Crippen molar-refractivity contribution in [1.29, 1.82) is 0 Å². The summed E-state index contributed by atoms with van der Waals surface area (Å²) in [6.45, 7) is 9.49. The van der Waals surface area contributed by atoms with Crippen molar-refractivity contribution in [3.05, 3.63) is 61.2 Å². The van der Waals surface area contributed by atoms with Crippen molar-refractivity contribution >= 4 is 29.0 Å². The van der Waals surface area contributed by atoms with E-state index in [0.29, 0.717) is 11.7 Å². The summed E-state index contributed by atoms with van der Waals surface area (Å²) in [4.78, 5) is 15.1. The molecule has 1 aliphatic heterocycles. The standard InChI is InChI=1S/C25H29N5O3S/c1-4-13-30-23(19-5-11-22(32-3)12-6-19)27-28-25(30)34-18(2)24(31)26-20-7-9-21(10-8-20)29-14-16-33-17-15-29/h4-12,18H,1,13-17H2,2-3H3,(H,26,31)/t18-/m1/s1. The minimum atomic E-state index is -0.365. The van der Waals surface area contributed by atoms with Crippen LogP contribution in [0.2, 0.25) is 0 Å². The molecule has 0 saturated carbocycles. The van der Waals surface area contributed by atoms with Crippen LogP contribution in [0.5, 0.6) is 5.75 Å². The van der Waals surface area contributed by atoms with Crippen molar-refractivity contribution in [3.63, 3.8) is 0 Å². The van der Waals surface area contributed by atoms with E-state index in [4.69, 9.17) is 9.47 Å². The fourth-order valence-corrected chi connectivity index (χ4v) is 4.51. The zero-order valence-corrected chi connectivity index (χ0v) is 20.3. The van der Waals surface area contributed by atoms with Gasteiger partial charge < -0.3 is 19.7 Å². The second-order valence-electron chi connectivity index (χ2n) is 7.83. The van der Waals surface area contributed by atoms with Crippen LogP contribution >= 0.6 is 11.8 Å². The Labute approximate surface area is 204 Å². The summed E-state index contributed by atoms with van der Waals surface area (Å²) in [5.41, 5.74) is 2.81. The summed E-state index contributed by atoms with van der Waals surface area (Å²) in [6.07, 6.45) is 1.79. The highest BCUT2D eigenvalue weighted by molar-refractivity contribution is 8.00. The average Bonchev–Trinajstić information content (AvgIpc) is 3.27. The molecule has 1 N–H and O–H groups in total. The zero-order chi connectivity index (χ0) is 23.9. The van der Waals surface area contributed by atoms with E-state index in [2.05, 4.69) is 27.0 Å². The first-order valence-electron chi connectivity index (χ1n) is 11.2. The van der Waals surface area contributed by atoms with Crippen LogP contribution < -0.4 is 15.0 Å². The number of benzene rings is 2. The molecule has 3 aromatic rings. The monoisotopic (exact) mass is 479 g/mol. The van der Waals surface area contributed by atoms with Gasteiger partial charge in [0.05, 0.1) is 25.6 Å². The molecule has 2 heterocycles. The minimum Gasteiger partial charge on any atom is -0.497 e. The third-order valence-electron chi connectivity index (χ3n) is 5.54. The number of morpholine rings is 1. The van der Waals surface area contributed by atoms with E-state index in [9.17, 15) is 4.79 Å². The van der Waals surface area contributed by atoms with Gasteiger partial charge in [0.15, 0.2) is 11.0 Å². The SMILES string of the molecule is C=CCn1c(S[C@H](C)C(=O)Nc2ccc(N3CCOCC3)cc2)nnc1-c1ccc(OC)cc1. The van der Waals surface area contributed by atoms with Crippen LogP contribution in [0.25, 0.3) is 11.4 Å². The molecule has 4 rings (SSSR count). The number of nitrogens with one attached hydrogen (secondary N) is 1. The van der Waals surface area contributed by atoms with Gasteiger partial charge in [-0.3, -0.25) is 9.36 Å². The normalized spacial score (nSPS) is 14.5. The predicted molar refractivity (Wildman–Crippen MR) is 136 cm³/mol. The van der Waals surface area contributed by atoms with Gasteiger partial charge in [0, 0.05) is 36.6 Å². The lowest BCUT2D eigenvalue weighted by molar-refractivity contribution is -0.115. The molecule has 1 saturated heterocycles. The van der Waals surface area contributed by atoms with Crippen LogP contribution in [0, 0.1) is 0 Å². The van der Waals surface area contributed by atoms with Crippen molar-refractivity contribution in [3.8, 4) is 17.1 Å². The maximum Gasteiger partial charge on any atom is 0.237 e. The van der Waals surface area contributed by atoms with Gasteiger partial charge in [-0.1, -0.05) is 17.8 Å². The van der Waals surface area contributed by atoms with Crippen molar-refractivity contribution in [2.24, 2.45) is 0 Å². The molecule has 2 aromatic carbocycles. The first kappa shape index (κ1) is 23.8. The summed E-state index contributed by atoms with van der Waals surface area (Å²) in [5, 5.41) is 12.0. The molecular weight excluding hydrogens is 450 g/mol. The minimum absolute atomic E-state index is 0.0942. The molecule has 1 amide bonds. The Morgan fingerprint density at radius 3 is 2.53 bits per heavy atom. The smallest absolute Gasteiger partial charge is 0.237 e. The van der Waals surface area contributed by atoms with Crippen molar-refractivity contribution in [2.75, 3.05) is 43.6 Å². The third-order valence-corrected chi connectivity index (χ3v) is 6.62. The van der Waals surface area contributed by atoms with E-state index >= 15 is 0 Å². The highest BCUT2D eigenvalue weighted by atomic mass is 32.2. The van der Waals surface area contributed by atoms with Crippen molar-refractivity contribution in [1.82, 2.24) is 14.8 Å². The van der Waals surface area contributed by atoms with Crippen LogP contribution in [0.4, 0.5) is 11.4 Å². The molecule has 178 valence electrons.